The molecule has 7 heteroatoms. The first-order valence-corrected chi connectivity index (χ1v) is 11.7. The number of benzene rings is 1. The number of aromatic nitrogens is 1. The summed E-state index contributed by atoms with van der Waals surface area (Å²) >= 11 is 0. The van der Waals surface area contributed by atoms with Crippen LogP contribution in [-0.2, 0) is 16.1 Å². The fraction of sp³-hybridized carbons (Fsp3) is 0.462. The fourth-order valence-electron chi connectivity index (χ4n) is 4.87. The van der Waals surface area contributed by atoms with Crippen LogP contribution in [0.1, 0.15) is 54.5 Å². The van der Waals surface area contributed by atoms with Gasteiger partial charge < -0.3 is 14.5 Å². The van der Waals surface area contributed by atoms with E-state index < -0.39 is 0 Å². The van der Waals surface area contributed by atoms with Crippen LogP contribution in [0.15, 0.2) is 29.3 Å². The summed E-state index contributed by atoms with van der Waals surface area (Å²) in [6, 6.07) is 10.9. The van der Waals surface area contributed by atoms with Crippen molar-refractivity contribution in [3.63, 3.8) is 0 Å². The number of anilines is 1. The molecule has 1 aromatic carbocycles. The number of hydrogen-bond donors (Lipinski definition) is 0. The number of piperazine rings is 1. The third-order valence-corrected chi connectivity index (χ3v) is 6.83. The number of hydrogen-bond acceptors (Lipinski definition) is 6. The second kappa shape index (κ2) is 8.95. The van der Waals surface area contributed by atoms with Crippen molar-refractivity contribution in [3.05, 3.63) is 46.6 Å². The molecule has 2 aliphatic heterocycles. The number of nitriles is 1. The topological polar surface area (TPSA) is 81.8 Å². The fourth-order valence-corrected chi connectivity index (χ4v) is 4.87. The summed E-state index contributed by atoms with van der Waals surface area (Å²) in [5.74, 6) is 1.32. The number of aliphatic imine (C=N–C) groups is 1. The Morgan fingerprint density at radius 1 is 1.27 bits per heavy atom. The number of rotatable bonds is 6. The molecule has 7 nitrogen and oxygen atoms in total. The molecule has 1 saturated carbocycles. The van der Waals surface area contributed by atoms with Crippen molar-refractivity contribution in [3.8, 4) is 17.2 Å². The van der Waals surface area contributed by atoms with Gasteiger partial charge in [0.05, 0.1) is 30.8 Å². The van der Waals surface area contributed by atoms with E-state index in [-0.39, 0.29) is 11.9 Å². The van der Waals surface area contributed by atoms with Gasteiger partial charge in [0, 0.05) is 50.5 Å². The second-order valence-electron chi connectivity index (χ2n) is 9.19. The maximum Gasteiger partial charge on any atom is 0.225 e. The molecule has 5 rings (SSSR count). The molecule has 0 unspecified atom stereocenters. The molecule has 0 N–H and O–H groups in total. The van der Waals surface area contributed by atoms with Gasteiger partial charge >= 0.3 is 0 Å². The van der Waals surface area contributed by atoms with Crippen molar-refractivity contribution in [1.29, 1.82) is 5.26 Å². The molecular formula is C26H29N5O2. The molecule has 1 saturated heterocycles. The molecule has 0 bridgehead atoms. The van der Waals surface area contributed by atoms with Gasteiger partial charge in [0.25, 0.3) is 0 Å². The van der Waals surface area contributed by atoms with Gasteiger partial charge in [-0.2, -0.15) is 5.26 Å². The number of amides is 1. The van der Waals surface area contributed by atoms with E-state index in [2.05, 4.69) is 41.1 Å². The van der Waals surface area contributed by atoms with Crippen molar-refractivity contribution in [2.45, 2.75) is 44.7 Å². The Kier molecular flexibility index (Phi) is 5.86. The van der Waals surface area contributed by atoms with Crippen LogP contribution in [-0.4, -0.2) is 61.4 Å². The Morgan fingerprint density at radius 3 is 2.85 bits per heavy atom. The highest BCUT2D eigenvalue weighted by Gasteiger charge is 2.33. The van der Waals surface area contributed by atoms with Gasteiger partial charge in [-0.05, 0) is 48.6 Å². The van der Waals surface area contributed by atoms with Gasteiger partial charge in [-0.1, -0.05) is 12.1 Å². The Hall–Kier alpha value is -3.24. The summed E-state index contributed by atoms with van der Waals surface area (Å²) in [4.78, 5) is 26.1. The first-order chi connectivity index (χ1) is 16.1. The summed E-state index contributed by atoms with van der Waals surface area (Å²) in [6.07, 6.45) is 4.59. The molecule has 1 atom stereocenters. The molecule has 1 aromatic heterocycles. The zero-order valence-corrected chi connectivity index (χ0v) is 19.3. The normalized spacial score (nSPS) is 19.5. The summed E-state index contributed by atoms with van der Waals surface area (Å²) in [5, 5.41) is 10.0. The maximum absolute atomic E-state index is 12.5. The second-order valence-corrected chi connectivity index (χ2v) is 9.19. The standard InChI is InChI=1S/C26H29N5O2/c1-17-16-30(8-9-31(17)24(32)7-10-33-2)26-21(13-27)12-23(25(29-26)18-3-4-18)19-5-6-20-14-28-15-22(20)11-19/h5-6,11-12,14,17-18H,3-4,7-10,15-16H2,1-2H3/t17-/m1/s1. The highest BCUT2D eigenvalue weighted by atomic mass is 16.5. The van der Waals surface area contributed by atoms with Crippen molar-refractivity contribution >= 4 is 17.9 Å². The van der Waals surface area contributed by atoms with Crippen molar-refractivity contribution in [2.75, 3.05) is 38.3 Å². The molecule has 1 amide bonds. The predicted octanol–water partition coefficient (Wildman–Crippen LogP) is 3.50. The van der Waals surface area contributed by atoms with Gasteiger partial charge in [-0.3, -0.25) is 9.79 Å². The molecular weight excluding hydrogens is 414 g/mol. The molecule has 33 heavy (non-hydrogen) atoms. The third-order valence-electron chi connectivity index (χ3n) is 6.83. The quantitative estimate of drug-likeness (QED) is 0.682. The van der Waals surface area contributed by atoms with Crippen LogP contribution in [0, 0.1) is 11.3 Å². The third kappa shape index (κ3) is 4.23. The molecule has 2 fully saturated rings. The van der Waals surface area contributed by atoms with Gasteiger partial charge in [-0.25, -0.2) is 4.98 Å². The lowest BCUT2D eigenvalue weighted by molar-refractivity contribution is -0.134. The van der Waals surface area contributed by atoms with Gasteiger partial charge in [0.2, 0.25) is 5.91 Å². The van der Waals surface area contributed by atoms with Crippen LogP contribution >= 0.6 is 0 Å². The van der Waals surface area contributed by atoms with Crippen LogP contribution < -0.4 is 4.90 Å². The smallest absolute Gasteiger partial charge is 0.225 e. The van der Waals surface area contributed by atoms with Crippen LogP contribution in [0.25, 0.3) is 11.1 Å². The van der Waals surface area contributed by atoms with E-state index in [0.717, 1.165) is 35.5 Å². The zero-order valence-electron chi connectivity index (χ0n) is 19.3. The van der Waals surface area contributed by atoms with E-state index in [4.69, 9.17) is 9.72 Å². The first-order valence-electron chi connectivity index (χ1n) is 11.7. The molecule has 170 valence electrons. The van der Waals surface area contributed by atoms with E-state index >= 15 is 0 Å². The number of nitrogens with zero attached hydrogens (tertiary/aromatic N) is 5. The van der Waals surface area contributed by atoms with Gasteiger partial charge in [-0.15, -0.1) is 0 Å². The lowest BCUT2D eigenvalue weighted by atomic mass is 9.96. The molecule has 0 spiro atoms. The zero-order chi connectivity index (χ0) is 22.9. The van der Waals surface area contributed by atoms with E-state index in [1.54, 1.807) is 7.11 Å². The lowest BCUT2D eigenvalue weighted by Gasteiger charge is -2.41. The van der Waals surface area contributed by atoms with Crippen LogP contribution in [0.3, 0.4) is 0 Å². The van der Waals surface area contributed by atoms with E-state index in [1.165, 1.54) is 11.1 Å². The average Bonchev–Trinajstić information content (AvgIpc) is 3.58. The van der Waals surface area contributed by atoms with Crippen LogP contribution in [0.2, 0.25) is 0 Å². The Morgan fingerprint density at radius 2 is 2.12 bits per heavy atom. The Labute approximate surface area is 194 Å². The monoisotopic (exact) mass is 443 g/mol. The van der Waals surface area contributed by atoms with E-state index in [1.807, 2.05) is 17.2 Å². The minimum absolute atomic E-state index is 0.0530. The SMILES string of the molecule is COCCC(=O)N1CCN(c2nc(C3CC3)c(-c3ccc4c(c3)CN=C4)cc2C#N)C[C@H]1C. The van der Waals surface area contributed by atoms with E-state index in [9.17, 15) is 10.1 Å². The first kappa shape index (κ1) is 21.6. The number of methoxy groups -OCH3 is 1. The predicted molar refractivity (Wildman–Crippen MR) is 128 cm³/mol. The Bertz CT molecular complexity index is 1150. The van der Waals surface area contributed by atoms with Gasteiger partial charge in [0.1, 0.15) is 11.9 Å². The largest absolute Gasteiger partial charge is 0.384 e. The highest BCUT2D eigenvalue weighted by molar-refractivity contribution is 5.86. The number of carbonyl (C=O) groups is 1. The molecule has 1 aliphatic carbocycles. The number of ether oxygens (including phenoxy) is 1. The molecule has 3 heterocycles. The van der Waals surface area contributed by atoms with Crippen LogP contribution in [0.5, 0.6) is 0 Å². The molecule has 2 aromatic rings. The maximum atomic E-state index is 12.5. The van der Waals surface area contributed by atoms with Crippen LogP contribution in [0.4, 0.5) is 5.82 Å². The summed E-state index contributed by atoms with van der Waals surface area (Å²) < 4.78 is 5.06. The molecule has 0 radical (unpaired) electrons. The van der Waals surface area contributed by atoms with Crippen molar-refractivity contribution in [2.24, 2.45) is 4.99 Å². The minimum atomic E-state index is 0.0530. The summed E-state index contributed by atoms with van der Waals surface area (Å²) in [5.41, 5.74) is 6.25. The van der Waals surface area contributed by atoms with Gasteiger partial charge in [0.15, 0.2) is 0 Å². The number of fused-ring (bicyclic) bond motifs is 1. The number of carbonyl (C=O) groups excluding carboxylic acids is 1. The lowest BCUT2D eigenvalue weighted by Crippen LogP contribution is -2.54. The summed E-state index contributed by atoms with van der Waals surface area (Å²) in [6.45, 7) is 5.18. The average molecular weight is 444 g/mol. The van der Waals surface area contributed by atoms with Crippen molar-refractivity contribution < 1.29 is 9.53 Å². The number of pyridine rings is 1. The Balaban J connectivity index is 1.44. The van der Waals surface area contributed by atoms with E-state index in [0.29, 0.717) is 50.7 Å². The summed E-state index contributed by atoms with van der Waals surface area (Å²) in [7, 11) is 1.61. The molecule has 3 aliphatic rings. The minimum Gasteiger partial charge on any atom is -0.384 e. The van der Waals surface area contributed by atoms with Crippen molar-refractivity contribution in [1.82, 2.24) is 9.88 Å². The highest BCUT2D eigenvalue weighted by Crippen LogP contribution is 2.45.